The molecule has 2 heterocycles. The highest BCUT2D eigenvalue weighted by Crippen LogP contribution is 2.26. The number of nitrogens with zero attached hydrogens (tertiary/aromatic N) is 3. The van der Waals surface area contributed by atoms with Crippen molar-refractivity contribution < 1.29 is 9.47 Å². The zero-order valence-corrected chi connectivity index (χ0v) is 15.3. The van der Waals surface area contributed by atoms with Gasteiger partial charge in [0.1, 0.15) is 12.2 Å². The van der Waals surface area contributed by atoms with E-state index in [9.17, 15) is 0 Å². The number of ether oxygens (including phenoxy) is 2. The third-order valence-electron chi connectivity index (χ3n) is 4.43. The molecule has 0 spiro atoms. The lowest BCUT2D eigenvalue weighted by molar-refractivity contribution is 0.0149. The van der Waals surface area contributed by atoms with Gasteiger partial charge >= 0.3 is 0 Å². The van der Waals surface area contributed by atoms with E-state index < -0.39 is 0 Å². The van der Waals surface area contributed by atoms with Gasteiger partial charge in [0.15, 0.2) is 5.82 Å². The number of benzene rings is 2. The summed E-state index contributed by atoms with van der Waals surface area (Å²) in [7, 11) is 0. The maximum Gasteiger partial charge on any atom is 0.152 e. The molecule has 6 nitrogen and oxygen atoms in total. The highest BCUT2D eigenvalue weighted by Gasteiger charge is 2.11. The number of hydrogen-bond acceptors (Lipinski definition) is 5. The van der Waals surface area contributed by atoms with Gasteiger partial charge in [0, 0.05) is 5.39 Å². The molecule has 4 rings (SSSR count). The molecular weight excluding hydrogens is 340 g/mol. The number of hydrogen-bond donors (Lipinski definition) is 1. The fraction of sp³-hybridized carbons (Fsp3) is 0.238. The highest BCUT2D eigenvalue weighted by atomic mass is 16.5. The SMILES string of the molecule is Cc1cccc(COCCOCn2cnc3c(N)nc4ccccc4c32)c1. The number of aryl methyl sites for hydroxylation is 1. The van der Waals surface area contributed by atoms with Gasteiger partial charge in [-0.05, 0) is 18.6 Å². The van der Waals surface area contributed by atoms with Crippen LogP contribution in [0.25, 0.3) is 21.9 Å². The van der Waals surface area contributed by atoms with Crippen LogP contribution in [-0.4, -0.2) is 27.7 Å². The fourth-order valence-electron chi connectivity index (χ4n) is 3.18. The van der Waals surface area contributed by atoms with E-state index in [-0.39, 0.29) is 0 Å². The number of imidazole rings is 1. The van der Waals surface area contributed by atoms with Crippen LogP contribution in [0.1, 0.15) is 11.1 Å². The summed E-state index contributed by atoms with van der Waals surface area (Å²) < 4.78 is 13.4. The Morgan fingerprint density at radius 2 is 1.89 bits per heavy atom. The van der Waals surface area contributed by atoms with Crippen LogP contribution in [0.2, 0.25) is 0 Å². The van der Waals surface area contributed by atoms with Gasteiger partial charge in [-0.15, -0.1) is 0 Å². The minimum Gasteiger partial charge on any atom is -0.382 e. The van der Waals surface area contributed by atoms with E-state index in [1.807, 2.05) is 34.9 Å². The lowest BCUT2D eigenvalue weighted by Crippen LogP contribution is -2.08. The first-order valence-electron chi connectivity index (χ1n) is 8.92. The third-order valence-corrected chi connectivity index (χ3v) is 4.43. The van der Waals surface area contributed by atoms with Gasteiger partial charge < -0.3 is 19.8 Å². The Morgan fingerprint density at radius 3 is 2.78 bits per heavy atom. The first kappa shape index (κ1) is 17.5. The van der Waals surface area contributed by atoms with Crippen molar-refractivity contribution in [2.75, 3.05) is 18.9 Å². The first-order chi connectivity index (χ1) is 13.2. The van der Waals surface area contributed by atoms with Crippen LogP contribution >= 0.6 is 0 Å². The molecule has 138 valence electrons. The van der Waals surface area contributed by atoms with E-state index in [2.05, 4.69) is 35.1 Å². The van der Waals surface area contributed by atoms with Crippen LogP contribution in [0.15, 0.2) is 54.9 Å². The molecule has 0 saturated carbocycles. The second-order valence-corrected chi connectivity index (χ2v) is 6.50. The number of para-hydroxylation sites is 1. The highest BCUT2D eigenvalue weighted by molar-refractivity contribution is 6.06. The molecule has 0 aliphatic carbocycles. The summed E-state index contributed by atoms with van der Waals surface area (Å²) in [6.07, 6.45) is 1.74. The van der Waals surface area contributed by atoms with Crippen molar-refractivity contribution in [1.29, 1.82) is 0 Å². The molecule has 2 aromatic carbocycles. The normalized spacial score (nSPS) is 11.4. The zero-order chi connectivity index (χ0) is 18.6. The van der Waals surface area contributed by atoms with Crippen molar-refractivity contribution in [3.8, 4) is 0 Å². The third kappa shape index (κ3) is 3.77. The molecule has 0 unspecified atom stereocenters. The number of pyridine rings is 1. The second-order valence-electron chi connectivity index (χ2n) is 6.50. The Morgan fingerprint density at radius 1 is 1.04 bits per heavy atom. The van der Waals surface area contributed by atoms with E-state index in [1.165, 1.54) is 11.1 Å². The molecular formula is C21H22N4O2. The Labute approximate surface area is 157 Å². The van der Waals surface area contributed by atoms with Crippen molar-refractivity contribution in [3.05, 3.63) is 66.0 Å². The van der Waals surface area contributed by atoms with Crippen LogP contribution in [0.3, 0.4) is 0 Å². The largest absolute Gasteiger partial charge is 0.382 e. The van der Waals surface area contributed by atoms with E-state index in [0.29, 0.717) is 37.9 Å². The van der Waals surface area contributed by atoms with Gasteiger partial charge in [-0.2, -0.15) is 0 Å². The molecule has 27 heavy (non-hydrogen) atoms. The average Bonchev–Trinajstić information content (AvgIpc) is 3.10. The maximum atomic E-state index is 6.05. The zero-order valence-electron chi connectivity index (χ0n) is 15.3. The Hall–Kier alpha value is -2.96. The van der Waals surface area contributed by atoms with Gasteiger partial charge in [0.05, 0.1) is 37.2 Å². The number of aromatic nitrogens is 3. The number of rotatable bonds is 7. The number of fused-ring (bicyclic) bond motifs is 3. The van der Waals surface area contributed by atoms with Crippen molar-refractivity contribution >= 4 is 27.8 Å². The monoisotopic (exact) mass is 362 g/mol. The lowest BCUT2D eigenvalue weighted by atomic mass is 10.1. The Balaban J connectivity index is 1.37. The number of anilines is 1. The van der Waals surface area contributed by atoms with Crippen molar-refractivity contribution in [2.24, 2.45) is 0 Å². The molecule has 6 heteroatoms. The van der Waals surface area contributed by atoms with Crippen LogP contribution < -0.4 is 5.73 Å². The molecule has 2 N–H and O–H groups in total. The van der Waals surface area contributed by atoms with Crippen LogP contribution in [0, 0.1) is 6.92 Å². The molecule has 0 atom stereocenters. The quantitative estimate of drug-likeness (QED) is 0.508. The molecule has 0 saturated heterocycles. The van der Waals surface area contributed by atoms with Gasteiger partial charge in [-0.25, -0.2) is 9.97 Å². The minimum absolute atomic E-state index is 0.387. The van der Waals surface area contributed by atoms with E-state index in [4.69, 9.17) is 15.2 Å². The molecule has 0 bridgehead atoms. The topological polar surface area (TPSA) is 75.2 Å². The minimum atomic E-state index is 0.387. The Bertz CT molecular complexity index is 1070. The van der Waals surface area contributed by atoms with E-state index >= 15 is 0 Å². The van der Waals surface area contributed by atoms with Gasteiger partial charge in [0.2, 0.25) is 0 Å². The summed E-state index contributed by atoms with van der Waals surface area (Å²) in [6, 6.07) is 16.2. The van der Waals surface area contributed by atoms with Crippen LogP contribution in [0.5, 0.6) is 0 Å². The molecule has 0 amide bonds. The van der Waals surface area contributed by atoms with Crippen molar-refractivity contribution in [1.82, 2.24) is 14.5 Å². The van der Waals surface area contributed by atoms with Crippen LogP contribution in [0.4, 0.5) is 5.82 Å². The summed E-state index contributed by atoms with van der Waals surface area (Å²) in [6.45, 7) is 4.09. The van der Waals surface area contributed by atoms with Crippen LogP contribution in [-0.2, 0) is 22.8 Å². The van der Waals surface area contributed by atoms with Gasteiger partial charge in [-0.3, -0.25) is 0 Å². The van der Waals surface area contributed by atoms with Gasteiger partial charge in [0.25, 0.3) is 0 Å². The average molecular weight is 362 g/mol. The molecule has 0 radical (unpaired) electrons. The van der Waals surface area contributed by atoms with Gasteiger partial charge in [-0.1, -0.05) is 48.0 Å². The smallest absolute Gasteiger partial charge is 0.152 e. The van der Waals surface area contributed by atoms with Crippen molar-refractivity contribution in [2.45, 2.75) is 20.3 Å². The van der Waals surface area contributed by atoms with Crippen molar-refractivity contribution in [3.63, 3.8) is 0 Å². The molecule has 0 aliphatic heterocycles. The summed E-state index contributed by atoms with van der Waals surface area (Å²) >= 11 is 0. The standard InChI is InChI=1S/C21H22N4O2/c1-15-5-4-6-16(11-15)12-26-9-10-27-14-25-13-23-19-20(25)17-7-2-3-8-18(17)24-21(19)22/h2-8,11,13H,9-10,12,14H2,1H3,(H2,22,24). The predicted molar refractivity (Wildman–Crippen MR) is 106 cm³/mol. The number of nitrogens with two attached hydrogens (primary N) is 1. The first-order valence-corrected chi connectivity index (χ1v) is 8.92. The summed E-state index contributed by atoms with van der Waals surface area (Å²) in [5.74, 6) is 0.434. The summed E-state index contributed by atoms with van der Waals surface area (Å²) in [5, 5.41) is 1.01. The van der Waals surface area contributed by atoms with E-state index in [0.717, 1.165) is 16.4 Å². The lowest BCUT2D eigenvalue weighted by Gasteiger charge is -2.09. The molecule has 4 aromatic rings. The molecule has 0 aliphatic rings. The summed E-state index contributed by atoms with van der Waals surface area (Å²) in [4.78, 5) is 8.81. The number of nitrogen functional groups attached to an aromatic ring is 1. The fourth-order valence-corrected chi connectivity index (χ4v) is 3.18. The predicted octanol–water partition coefficient (Wildman–Crippen LogP) is 3.67. The summed E-state index contributed by atoms with van der Waals surface area (Å²) in [5.41, 5.74) is 11.0. The maximum absolute atomic E-state index is 6.05. The Kier molecular flexibility index (Phi) is 5.00. The van der Waals surface area contributed by atoms with E-state index in [1.54, 1.807) is 6.33 Å². The second kappa shape index (κ2) is 7.73. The molecule has 2 aromatic heterocycles. The molecule has 0 fully saturated rings.